The Morgan fingerprint density at radius 3 is 2.91 bits per heavy atom. The Bertz CT molecular complexity index is 699. The largest absolute Gasteiger partial charge is 0.359 e. The van der Waals surface area contributed by atoms with Crippen molar-refractivity contribution in [3.05, 3.63) is 46.3 Å². The number of aromatic nitrogens is 1. The summed E-state index contributed by atoms with van der Waals surface area (Å²) >= 11 is 3.45. The fraction of sp³-hybridized carbons (Fsp3) is 0.412. The number of halogens is 1. The summed E-state index contributed by atoms with van der Waals surface area (Å²) in [5.74, 6) is 1.09. The monoisotopic (exact) mass is 377 g/mol. The van der Waals surface area contributed by atoms with E-state index in [0.717, 1.165) is 41.0 Å². The number of anilines is 1. The summed E-state index contributed by atoms with van der Waals surface area (Å²) in [6, 6.07) is 9.41. The molecule has 0 aliphatic carbocycles. The van der Waals surface area contributed by atoms with Crippen LogP contribution in [0.25, 0.3) is 0 Å². The van der Waals surface area contributed by atoms with Gasteiger partial charge in [-0.15, -0.1) is 0 Å². The average molecular weight is 378 g/mol. The first-order chi connectivity index (χ1) is 11.1. The summed E-state index contributed by atoms with van der Waals surface area (Å²) in [6.45, 7) is 4.88. The first-order valence-electron chi connectivity index (χ1n) is 7.85. The van der Waals surface area contributed by atoms with Crippen molar-refractivity contribution in [2.75, 3.05) is 11.9 Å². The van der Waals surface area contributed by atoms with Crippen molar-refractivity contribution in [2.24, 2.45) is 0 Å². The van der Waals surface area contributed by atoms with Crippen LogP contribution in [0.5, 0.6) is 0 Å². The van der Waals surface area contributed by atoms with Gasteiger partial charge in [-0.3, -0.25) is 0 Å². The summed E-state index contributed by atoms with van der Waals surface area (Å²) in [6.07, 6.45) is 1.86. The second-order valence-electron chi connectivity index (χ2n) is 6.07. The van der Waals surface area contributed by atoms with Gasteiger partial charge in [-0.05, 0) is 46.8 Å². The number of nitrogens with one attached hydrogen (secondary N) is 1. The minimum Gasteiger partial charge on any atom is -0.359 e. The van der Waals surface area contributed by atoms with Gasteiger partial charge in [-0.2, -0.15) is 0 Å². The van der Waals surface area contributed by atoms with Gasteiger partial charge in [0.2, 0.25) is 0 Å². The molecule has 0 saturated carbocycles. The van der Waals surface area contributed by atoms with Crippen LogP contribution in [0.15, 0.2) is 39.3 Å². The molecule has 6 heteroatoms. The van der Waals surface area contributed by atoms with Crippen LogP contribution < -0.4 is 5.32 Å². The summed E-state index contributed by atoms with van der Waals surface area (Å²) < 4.78 is 6.35. The molecular formula is C17H20BrN3O2. The van der Waals surface area contributed by atoms with E-state index in [0.29, 0.717) is 5.92 Å². The highest BCUT2D eigenvalue weighted by Gasteiger charge is 2.33. The number of rotatable bonds is 3. The summed E-state index contributed by atoms with van der Waals surface area (Å²) in [7, 11) is 0. The van der Waals surface area contributed by atoms with Gasteiger partial charge < -0.3 is 14.7 Å². The van der Waals surface area contributed by atoms with E-state index in [9.17, 15) is 4.79 Å². The third-order valence-corrected chi connectivity index (χ3v) is 4.79. The highest BCUT2D eigenvalue weighted by Crippen LogP contribution is 2.34. The SMILES string of the molecule is CC(C)c1cc(C2CCCN2C(=O)Nc2ccccc2Br)on1. The molecule has 1 aliphatic heterocycles. The van der Waals surface area contributed by atoms with Gasteiger partial charge in [0.05, 0.1) is 17.4 Å². The van der Waals surface area contributed by atoms with Crippen molar-refractivity contribution in [3.63, 3.8) is 0 Å². The number of nitrogens with zero attached hydrogens (tertiary/aromatic N) is 2. The molecule has 2 heterocycles. The number of urea groups is 1. The number of carbonyl (C=O) groups excluding carboxylic acids is 1. The molecule has 23 heavy (non-hydrogen) atoms. The van der Waals surface area contributed by atoms with E-state index in [1.54, 1.807) is 0 Å². The van der Waals surface area contributed by atoms with Crippen molar-refractivity contribution in [1.29, 1.82) is 0 Å². The maximum Gasteiger partial charge on any atom is 0.322 e. The number of likely N-dealkylation sites (tertiary alicyclic amines) is 1. The zero-order valence-corrected chi connectivity index (χ0v) is 14.8. The normalized spacial score (nSPS) is 17.7. The van der Waals surface area contributed by atoms with Crippen molar-refractivity contribution < 1.29 is 9.32 Å². The van der Waals surface area contributed by atoms with Gasteiger partial charge in [0.25, 0.3) is 0 Å². The standard InChI is InChI=1S/C17H20BrN3O2/c1-11(2)14-10-16(23-20-14)15-8-5-9-21(15)17(22)19-13-7-4-3-6-12(13)18/h3-4,6-7,10-11,15H,5,8-9H2,1-2H3,(H,19,22). The van der Waals surface area contributed by atoms with Gasteiger partial charge >= 0.3 is 6.03 Å². The zero-order chi connectivity index (χ0) is 16.4. The van der Waals surface area contributed by atoms with Crippen LogP contribution >= 0.6 is 15.9 Å². The van der Waals surface area contributed by atoms with Crippen LogP contribution in [-0.2, 0) is 0 Å². The maximum absolute atomic E-state index is 12.6. The van der Waals surface area contributed by atoms with Crippen molar-refractivity contribution in [2.45, 2.75) is 38.6 Å². The van der Waals surface area contributed by atoms with E-state index >= 15 is 0 Å². The first-order valence-corrected chi connectivity index (χ1v) is 8.64. The van der Waals surface area contributed by atoms with E-state index in [1.165, 1.54) is 0 Å². The number of para-hydroxylation sites is 1. The van der Waals surface area contributed by atoms with Crippen LogP contribution in [0.4, 0.5) is 10.5 Å². The third kappa shape index (κ3) is 3.42. The molecule has 1 aromatic heterocycles. The van der Waals surface area contributed by atoms with Crippen LogP contribution in [-0.4, -0.2) is 22.6 Å². The third-order valence-electron chi connectivity index (χ3n) is 4.10. The molecule has 3 rings (SSSR count). The molecule has 1 aliphatic rings. The molecule has 5 nitrogen and oxygen atoms in total. The molecule has 1 fully saturated rings. The predicted molar refractivity (Wildman–Crippen MR) is 92.4 cm³/mol. The van der Waals surface area contributed by atoms with Crippen molar-refractivity contribution in [3.8, 4) is 0 Å². The molecule has 1 N–H and O–H groups in total. The number of hydrogen-bond donors (Lipinski definition) is 1. The fourth-order valence-electron chi connectivity index (χ4n) is 2.79. The highest BCUT2D eigenvalue weighted by molar-refractivity contribution is 9.10. The summed E-state index contributed by atoms with van der Waals surface area (Å²) in [4.78, 5) is 14.4. The first kappa shape index (κ1) is 16.1. The van der Waals surface area contributed by atoms with Crippen LogP contribution in [0.1, 0.15) is 50.1 Å². The van der Waals surface area contributed by atoms with Gasteiger partial charge in [0, 0.05) is 17.1 Å². The van der Waals surface area contributed by atoms with Gasteiger partial charge in [0.15, 0.2) is 5.76 Å². The van der Waals surface area contributed by atoms with Crippen LogP contribution in [0, 0.1) is 0 Å². The molecule has 1 unspecified atom stereocenters. The number of amides is 2. The minimum atomic E-state index is -0.109. The lowest BCUT2D eigenvalue weighted by Gasteiger charge is -2.23. The molecule has 0 bridgehead atoms. The van der Waals surface area contributed by atoms with Crippen molar-refractivity contribution >= 4 is 27.6 Å². The van der Waals surface area contributed by atoms with E-state index in [-0.39, 0.29) is 12.1 Å². The molecule has 0 radical (unpaired) electrons. The van der Waals surface area contributed by atoms with Crippen LogP contribution in [0.3, 0.4) is 0 Å². The van der Waals surface area contributed by atoms with Crippen LogP contribution in [0.2, 0.25) is 0 Å². The molecule has 2 amide bonds. The smallest absolute Gasteiger partial charge is 0.322 e. The Labute approximate surface area is 144 Å². The molecule has 2 aromatic rings. The molecule has 0 spiro atoms. The number of carbonyl (C=O) groups is 1. The maximum atomic E-state index is 12.6. The van der Waals surface area contributed by atoms with Crippen molar-refractivity contribution in [1.82, 2.24) is 10.1 Å². The second kappa shape index (κ2) is 6.74. The molecule has 1 saturated heterocycles. The number of hydrogen-bond acceptors (Lipinski definition) is 3. The van der Waals surface area contributed by atoms with E-state index < -0.39 is 0 Å². The van der Waals surface area contributed by atoms with Gasteiger partial charge in [-0.25, -0.2) is 4.79 Å². The lowest BCUT2D eigenvalue weighted by molar-refractivity contribution is 0.195. The topological polar surface area (TPSA) is 58.4 Å². The van der Waals surface area contributed by atoms with E-state index in [1.807, 2.05) is 35.2 Å². The lowest BCUT2D eigenvalue weighted by Crippen LogP contribution is -2.34. The Morgan fingerprint density at radius 2 is 2.22 bits per heavy atom. The fourth-order valence-corrected chi connectivity index (χ4v) is 3.17. The Morgan fingerprint density at radius 1 is 1.43 bits per heavy atom. The summed E-state index contributed by atoms with van der Waals surface area (Å²) in [5, 5.41) is 7.07. The molecule has 1 aromatic carbocycles. The lowest BCUT2D eigenvalue weighted by atomic mass is 10.1. The molecular weight excluding hydrogens is 358 g/mol. The number of benzene rings is 1. The average Bonchev–Trinajstić information content (AvgIpc) is 3.17. The summed E-state index contributed by atoms with van der Waals surface area (Å²) in [5.41, 5.74) is 1.70. The quantitative estimate of drug-likeness (QED) is 0.824. The van der Waals surface area contributed by atoms with E-state index in [2.05, 4.69) is 40.3 Å². The molecule has 1 atom stereocenters. The zero-order valence-electron chi connectivity index (χ0n) is 13.3. The predicted octanol–water partition coefficient (Wildman–Crippen LogP) is 4.93. The molecule has 122 valence electrons. The Kier molecular flexibility index (Phi) is 4.71. The van der Waals surface area contributed by atoms with E-state index in [4.69, 9.17) is 4.52 Å². The Hall–Kier alpha value is -1.82. The minimum absolute atomic E-state index is 0.0440. The van der Waals surface area contributed by atoms with Gasteiger partial charge in [0.1, 0.15) is 0 Å². The highest BCUT2D eigenvalue weighted by atomic mass is 79.9. The van der Waals surface area contributed by atoms with Gasteiger partial charge in [-0.1, -0.05) is 31.1 Å². The second-order valence-corrected chi connectivity index (χ2v) is 6.92. The Balaban J connectivity index is 1.75.